The molecule has 0 aliphatic carbocycles. The van der Waals surface area contributed by atoms with Crippen molar-refractivity contribution >= 4 is 11.6 Å². The third-order valence-electron chi connectivity index (χ3n) is 3.18. The van der Waals surface area contributed by atoms with Crippen LogP contribution in [0.4, 0.5) is 5.69 Å². The zero-order chi connectivity index (χ0) is 13.1. The monoisotopic (exact) mass is 246 g/mol. The third-order valence-corrected chi connectivity index (χ3v) is 3.18. The molecule has 1 amide bonds. The smallest absolute Gasteiger partial charge is 0.257 e. The normalized spacial score (nSPS) is 15.2. The van der Waals surface area contributed by atoms with E-state index < -0.39 is 0 Å². The lowest BCUT2D eigenvalue weighted by Gasteiger charge is -2.26. The van der Waals surface area contributed by atoms with Crippen LogP contribution in [0.5, 0.6) is 5.75 Å². The maximum atomic E-state index is 12.4. The number of carbonyl (C=O) groups excluding carboxylic acids is 1. The van der Waals surface area contributed by atoms with Crippen molar-refractivity contribution in [3.8, 4) is 5.75 Å². The second-order valence-electron chi connectivity index (χ2n) is 4.51. The Morgan fingerprint density at radius 1 is 1.44 bits per heavy atom. The maximum Gasteiger partial charge on any atom is 0.257 e. The van der Waals surface area contributed by atoms with E-state index >= 15 is 0 Å². The van der Waals surface area contributed by atoms with Gasteiger partial charge >= 0.3 is 0 Å². The number of nitrogens with two attached hydrogens (primary N) is 1. The van der Waals surface area contributed by atoms with E-state index in [2.05, 4.69) is 13.0 Å². The summed E-state index contributed by atoms with van der Waals surface area (Å²) in [5, 5.41) is 0. The Kier molecular flexibility index (Phi) is 3.55. The van der Waals surface area contributed by atoms with Crippen molar-refractivity contribution in [2.45, 2.75) is 13.3 Å². The standard InChI is InChI=1S/C14H18N2O2/c1-10-5-7-16(8-6-10)14(17)12-9-11(15)3-4-13(12)18-2/h3-5,9H,6-8,15H2,1-2H3. The van der Waals surface area contributed by atoms with Crippen molar-refractivity contribution in [3.63, 3.8) is 0 Å². The van der Waals surface area contributed by atoms with Gasteiger partial charge in [-0.3, -0.25) is 4.79 Å². The van der Waals surface area contributed by atoms with E-state index in [1.165, 1.54) is 5.57 Å². The summed E-state index contributed by atoms with van der Waals surface area (Å²) in [5.74, 6) is 0.545. The first-order valence-electron chi connectivity index (χ1n) is 6.00. The Bertz CT molecular complexity index is 495. The summed E-state index contributed by atoms with van der Waals surface area (Å²) >= 11 is 0. The van der Waals surface area contributed by atoms with Crippen LogP contribution in [0.15, 0.2) is 29.8 Å². The van der Waals surface area contributed by atoms with Gasteiger partial charge in [-0.05, 0) is 31.5 Å². The van der Waals surface area contributed by atoms with E-state index in [0.717, 1.165) is 13.0 Å². The Balaban J connectivity index is 2.26. The highest BCUT2D eigenvalue weighted by Gasteiger charge is 2.20. The summed E-state index contributed by atoms with van der Waals surface area (Å²) < 4.78 is 5.21. The van der Waals surface area contributed by atoms with Gasteiger partial charge in [0.2, 0.25) is 0 Å². The van der Waals surface area contributed by atoms with Crippen molar-refractivity contribution in [3.05, 3.63) is 35.4 Å². The number of ether oxygens (including phenoxy) is 1. The van der Waals surface area contributed by atoms with Gasteiger partial charge in [0.25, 0.3) is 5.91 Å². The van der Waals surface area contributed by atoms with Crippen LogP contribution >= 0.6 is 0 Å². The molecule has 1 aliphatic rings. The summed E-state index contributed by atoms with van der Waals surface area (Å²) in [6, 6.07) is 5.13. The zero-order valence-electron chi connectivity index (χ0n) is 10.8. The summed E-state index contributed by atoms with van der Waals surface area (Å²) in [4.78, 5) is 14.2. The first-order chi connectivity index (χ1) is 8.61. The molecule has 4 heteroatoms. The molecule has 2 N–H and O–H groups in total. The van der Waals surface area contributed by atoms with E-state index in [9.17, 15) is 4.79 Å². The predicted molar refractivity (Wildman–Crippen MR) is 71.7 cm³/mol. The Morgan fingerprint density at radius 3 is 2.83 bits per heavy atom. The predicted octanol–water partition coefficient (Wildman–Crippen LogP) is 2.07. The van der Waals surface area contributed by atoms with Gasteiger partial charge < -0.3 is 15.4 Å². The molecule has 0 atom stereocenters. The number of amides is 1. The number of methoxy groups -OCH3 is 1. The van der Waals surface area contributed by atoms with Crippen LogP contribution in [0, 0.1) is 0 Å². The zero-order valence-corrected chi connectivity index (χ0v) is 10.8. The van der Waals surface area contributed by atoms with Crippen molar-refractivity contribution in [1.29, 1.82) is 0 Å². The number of nitrogens with zero attached hydrogens (tertiary/aromatic N) is 1. The van der Waals surface area contributed by atoms with E-state index in [1.54, 1.807) is 25.3 Å². The number of hydrogen-bond donors (Lipinski definition) is 1. The van der Waals surface area contributed by atoms with Gasteiger partial charge in [0, 0.05) is 18.8 Å². The first-order valence-corrected chi connectivity index (χ1v) is 6.00. The number of hydrogen-bond acceptors (Lipinski definition) is 3. The Hall–Kier alpha value is -1.97. The van der Waals surface area contributed by atoms with Gasteiger partial charge in [-0.1, -0.05) is 11.6 Å². The molecule has 1 heterocycles. The second kappa shape index (κ2) is 5.12. The summed E-state index contributed by atoms with van der Waals surface area (Å²) in [6.45, 7) is 3.49. The minimum absolute atomic E-state index is 0.0251. The fraction of sp³-hybridized carbons (Fsp3) is 0.357. The minimum Gasteiger partial charge on any atom is -0.496 e. The average molecular weight is 246 g/mol. The van der Waals surface area contributed by atoms with Gasteiger partial charge in [-0.15, -0.1) is 0 Å². The van der Waals surface area contributed by atoms with Crippen molar-refractivity contribution in [1.82, 2.24) is 4.90 Å². The molecule has 2 rings (SSSR count). The lowest BCUT2D eigenvalue weighted by Crippen LogP contribution is -2.34. The van der Waals surface area contributed by atoms with Gasteiger partial charge in [-0.25, -0.2) is 0 Å². The number of benzene rings is 1. The van der Waals surface area contributed by atoms with Crippen molar-refractivity contribution in [2.75, 3.05) is 25.9 Å². The van der Waals surface area contributed by atoms with Gasteiger partial charge in [0.15, 0.2) is 0 Å². The average Bonchev–Trinajstić information content (AvgIpc) is 2.39. The highest BCUT2D eigenvalue weighted by molar-refractivity contribution is 5.98. The molecular weight excluding hydrogens is 228 g/mol. The lowest BCUT2D eigenvalue weighted by molar-refractivity contribution is 0.0765. The molecule has 1 aromatic rings. The number of carbonyl (C=O) groups is 1. The Morgan fingerprint density at radius 2 is 2.22 bits per heavy atom. The number of rotatable bonds is 2. The Labute approximate surface area is 107 Å². The molecule has 0 spiro atoms. The van der Waals surface area contributed by atoms with Gasteiger partial charge in [0.1, 0.15) is 5.75 Å². The molecule has 0 radical (unpaired) electrons. The van der Waals surface area contributed by atoms with E-state index in [4.69, 9.17) is 10.5 Å². The molecule has 18 heavy (non-hydrogen) atoms. The lowest BCUT2D eigenvalue weighted by atomic mass is 10.1. The van der Waals surface area contributed by atoms with E-state index in [1.807, 2.05) is 4.90 Å². The van der Waals surface area contributed by atoms with Crippen LogP contribution in [0.1, 0.15) is 23.7 Å². The van der Waals surface area contributed by atoms with Crippen molar-refractivity contribution in [2.24, 2.45) is 0 Å². The fourth-order valence-electron chi connectivity index (χ4n) is 2.02. The molecule has 0 bridgehead atoms. The molecule has 0 unspecified atom stereocenters. The quantitative estimate of drug-likeness (QED) is 0.642. The minimum atomic E-state index is -0.0251. The molecule has 0 fully saturated rings. The molecule has 96 valence electrons. The second-order valence-corrected chi connectivity index (χ2v) is 4.51. The van der Waals surface area contributed by atoms with Crippen LogP contribution < -0.4 is 10.5 Å². The molecule has 1 aliphatic heterocycles. The summed E-state index contributed by atoms with van der Waals surface area (Å²) in [6.07, 6.45) is 3.01. The summed E-state index contributed by atoms with van der Waals surface area (Å²) in [7, 11) is 1.56. The fourth-order valence-corrected chi connectivity index (χ4v) is 2.02. The van der Waals surface area contributed by atoms with E-state index in [-0.39, 0.29) is 5.91 Å². The molecule has 0 saturated carbocycles. The van der Waals surface area contributed by atoms with Crippen LogP contribution in [0.3, 0.4) is 0 Å². The van der Waals surface area contributed by atoms with E-state index in [0.29, 0.717) is 23.5 Å². The number of nitrogen functional groups attached to an aromatic ring is 1. The van der Waals surface area contributed by atoms with Gasteiger partial charge in [-0.2, -0.15) is 0 Å². The molecule has 4 nitrogen and oxygen atoms in total. The topological polar surface area (TPSA) is 55.6 Å². The largest absolute Gasteiger partial charge is 0.496 e. The third kappa shape index (κ3) is 2.47. The van der Waals surface area contributed by atoms with Crippen LogP contribution in [0.25, 0.3) is 0 Å². The maximum absolute atomic E-state index is 12.4. The highest BCUT2D eigenvalue weighted by Crippen LogP contribution is 2.24. The van der Waals surface area contributed by atoms with Crippen LogP contribution in [0.2, 0.25) is 0 Å². The van der Waals surface area contributed by atoms with Gasteiger partial charge in [0.05, 0.1) is 12.7 Å². The SMILES string of the molecule is COc1ccc(N)cc1C(=O)N1CC=C(C)CC1. The molecule has 1 aromatic carbocycles. The molecular formula is C14H18N2O2. The molecule has 0 saturated heterocycles. The first kappa shape index (κ1) is 12.5. The van der Waals surface area contributed by atoms with Crippen LogP contribution in [-0.2, 0) is 0 Å². The summed E-state index contributed by atoms with van der Waals surface area (Å²) in [5.41, 5.74) is 8.17. The highest BCUT2D eigenvalue weighted by atomic mass is 16.5. The van der Waals surface area contributed by atoms with Crippen molar-refractivity contribution < 1.29 is 9.53 Å². The number of anilines is 1. The molecule has 0 aromatic heterocycles. The van der Waals surface area contributed by atoms with Crippen LogP contribution in [-0.4, -0.2) is 31.0 Å².